The molecule has 0 aliphatic carbocycles. The number of anilines is 2. The number of aromatic nitrogens is 3. The van der Waals surface area contributed by atoms with Crippen LogP contribution in [0.25, 0.3) is 0 Å². The largest absolute Gasteiger partial charge is 0.467 e. The molecule has 2 N–H and O–H groups in total. The fourth-order valence-electron chi connectivity index (χ4n) is 1.22. The van der Waals surface area contributed by atoms with Gasteiger partial charge in [0.15, 0.2) is 0 Å². The molecule has 0 aromatic carbocycles. The van der Waals surface area contributed by atoms with Gasteiger partial charge >= 0.3 is 6.01 Å². The van der Waals surface area contributed by atoms with Crippen molar-refractivity contribution in [3.8, 4) is 6.01 Å². The molecular weight excluding hydrogens is 234 g/mol. The molecule has 0 saturated carbocycles. The van der Waals surface area contributed by atoms with Crippen molar-refractivity contribution in [3.63, 3.8) is 0 Å². The van der Waals surface area contributed by atoms with Crippen molar-refractivity contribution in [1.82, 2.24) is 15.0 Å². The second-order valence-corrected chi connectivity index (χ2v) is 3.61. The smallest absolute Gasteiger partial charge is 0.322 e. The molecule has 1 aromatic heterocycles. The minimum atomic E-state index is 0.281. The standard InChI is InChI=1S/C11H21N5O2/c1-4-5-7-18-8-6-13-10-14-9(12-2)15-11(16-10)17-3/h4-8H2,1-3H3,(H2,12,13,14,15,16). The first kappa shape index (κ1) is 14.4. The normalized spacial score (nSPS) is 10.2. The van der Waals surface area contributed by atoms with Crippen molar-refractivity contribution in [2.75, 3.05) is 44.5 Å². The van der Waals surface area contributed by atoms with Gasteiger partial charge in [0, 0.05) is 20.2 Å². The van der Waals surface area contributed by atoms with Crippen molar-refractivity contribution in [3.05, 3.63) is 0 Å². The van der Waals surface area contributed by atoms with Crippen LogP contribution in [0.15, 0.2) is 0 Å². The lowest BCUT2D eigenvalue weighted by Crippen LogP contribution is -2.13. The lowest BCUT2D eigenvalue weighted by Gasteiger charge is -2.08. The number of methoxy groups -OCH3 is 1. The minimum Gasteiger partial charge on any atom is -0.467 e. The predicted molar refractivity (Wildman–Crippen MR) is 70.1 cm³/mol. The van der Waals surface area contributed by atoms with E-state index in [0.29, 0.717) is 25.0 Å². The zero-order chi connectivity index (χ0) is 13.2. The van der Waals surface area contributed by atoms with Crippen LogP contribution in [-0.4, -0.2) is 48.9 Å². The van der Waals surface area contributed by atoms with Gasteiger partial charge < -0.3 is 20.1 Å². The molecule has 0 amide bonds. The first-order chi connectivity index (χ1) is 8.80. The molecule has 1 rings (SSSR count). The quantitative estimate of drug-likeness (QED) is 0.640. The molecule has 1 heterocycles. The fraction of sp³-hybridized carbons (Fsp3) is 0.727. The zero-order valence-electron chi connectivity index (χ0n) is 11.2. The number of nitrogens with one attached hydrogen (secondary N) is 2. The minimum absolute atomic E-state index is 0.281. The molecule has 0 aliphatic heterocycles. The van der Waals surface area contributed by atoms with Gasteiger partial charge in [0.2, 0.25) is 11.9 Å². The number of hydrogen-bond donors (Lipinski definition) is 2. The first-order valence-electron chi connectivity index (χ1n) is 6.09. The van der Waals surface area contributed by atoms with E-state index in [1.54, 1.807) is 7.05 Å². The number of unbranched alkanes of at least 4 members (excludes halogenated alkanes) is 1. The average Bonchev–Trinajstić information content (AvgIpc) is 2.42. The number of nitrogens with zero attached hydrogens (tertiary/aromatic N) is 3. The lowest BCUT2D eigenvalue weighted by atomic mass is 10.4. The summed E-state index contributed by atoms with van der Waals surface area (Å²) in [6.45, 7) is 4.21. The summed E-state index contributed by atoms with van der Waals surface area (Å²) in [5, 5.41) is 5.91. The van der Waals surface area contributed by atoms with Gasteiger partial charge in [-0.2, -0.15) is 15.0 Å². The highest BCUT2D eigenvalue weighted by Crippen LogP contribution is 2.09. The van der Waals surface area contributed by atoms with Crippen molar-refractivity contribution >= 4 is 11.9 Å². The van der Waals surface area contributed by atoms with Crippen LogP contribution in [0.4, 0.5) is 11.9 Å². The van der Waals surface area contributed by atoms with Gasteiger partial charge in [-0.05, 0) is 6.42 Å². The topological polar surface area (TPSA) is 81.2 Å². The van der Waals surface area contributed by atoms with E-state index in [4.69, 9.17) is 9.47 Å². The van der Waals surface area contributed by atoms with Crippen molar-refractivity contribution < 1.29 is 9.47 Å². The Hall–Kier alpha value is -1.63. The summed E-state index contributed by atoms with van der Waals surface area (Å²) < 4.78 is 10.4. The molecule has 0 aliphatic rings. The summed E-state index contributed by atoms with van der Waals surface area (Å²) in [4.78, 5) is 12.2. The molecule has 0 spiro atoms. The molecule has 18 heavy (non-hydrogen) atoms. The average molecular weight is 255 g/mol. The Morgan fingerprint density at radius 2 is 1.89 bits per heavy atom. The Morgan fingerprint density at radius 3 is 2.56 bits per heavy atom. The van der Waals surface area contributed by atoms with Gasteiger partial charge in [0.25, 0.3) is 0 Å². The highest BCUT2D eigenvalue weighted by Gasteiger charge is 2.04. The van der Waals surface area contributed by atoms with Gasteiger partial charge in [-0.25, -0.2) is 0 Å². The summed E-state index contributed by atoms with van der Waals surface area (Å²) in [5.74, 6) is 0.946. The number of hydrogen-bond acceptors (Lipinski definition) is 7. The van der Waals surface area contributed by atoms with Crippen molar-refractivity contribution in [2.24, 2.45) is 0 Å². The Morgan fingerprint density at radius 1 is 1.11 bits per heavy atom. The molecule has 7 nitrogen and oxygen atoms in total. The maximum absolute atomic E-state index is 5.43. The van der Waals surface area contributed by atoms with Gasteiger partial charge in [-0.1, -0.05) is 13.3 Å². The molecule has 0 atom stereocenters. The van der Waals surface area contributed by atoms with Crippen LogP contribution in [0, 0.1) is 0 Å². The fourth-order valence-corrected chi connectivity index (χ4v) is 1.22. The highest BCUT2D eigenvalue weighted by atomic mass is 16.5. The van der Waals surface area contributed by atoms with E-state index in [-0.39, 0.29) is 6.01 Å². The highest BCUT2D eigenvalue weighted by molar-refractivity contribution is 5.35. The molecule has 0 bridgehead atoms. The van der Waals surface area contributed by atoms with E-state index < -0.39 is 0 Å². The molecule has 0 fully saturated rings. The Balaban J connectivity index is 2.36. The third-order valence-electron chi connectivity index (χ3n) is 2.19. The van der Waals surface area contributed by atoms with Gasteiger partial charge in [-0.3, -0.25) is 0 Å². The van der Waals surface area contributed by atoms with Gasteiger partial charge in [-0.15, -0.1) is 0 Å². The zero-order valence-corrected chi connectivity index (χ0v) is 11.2. The summed E-state index contributed by atoms with van der Waals surface area (Å²) in [6, 6.07) is 0.281. The molecule has 0 radical (unpaired) electrons. The predicted octanol–water partition coefficient (Wildman–Crippen LogP) is 1.15. The summed E-state index contributed by atoms with van der Waals surface area (Å²) >= 11 is 0. The third-order valence-corrected chi connectivity index (χ3v) is 2.19. The Bertz CT molecular complexity index is 326. The summed E-state index contributed by atoms with van der Waals surface area (Å²) in [5.41, 5.74) is 0. The van der Waals surface area contributed by atoms with Crippen LogP contribution in [0.1, 0.15) is 19.8 Å². The second-order valence-electron chi connectivity index (χ2n) is 3.61. The third kappa shape index (κ3) is 5.13. The first-order valence-corrected chi connectivity index (χ1v) is 6.09. The molecule has 1 aromatic rings. The van der Waals surface area contributed by atoms with Crippen LogP contribution >= 0.6 is 0 Å². The second kappa shape index (κ2) is 8.46. The maximum atomic E-state index is 5.43. The molecule has 0 unspecified atom stereocenters. The summed E-state index contributed by atoms with van der Waals surface area (Å²) in [6.07, 6.45) is 2.23. The van der Waals surface area contributed by atoms with Crippen LogP contribution in [-0.2, 0) is 4.74 Å². The van der Waals surface area contributed by atoms with Crippen LogP contribution in [0.3, 0.4) is 0 Å². The van der Waals surface area contributed by atoms with Crippen molar-refractivity contribution in [1.29, 1.82) is 0 Å². The molecule has 0 saturated heterocycles. The molecular formula is C11H21N5O2. The van der Waals surface area contributed by atoms with Crippen LogP contribution in [0.2, 0.25) is 0 Å². The Kier molecular flexibility index (Phi) is 6.78. The number of ether oxygens (including phenoxy) is 2. The summed E-state index contributed by atoms with van der Waals surface area (Å²) in [7, 11) is 3.26. The van der Waals surface area contributed by atoms with Crippen LogP contribution in [0.5, 0.6) is 6.01 Å². The lowest BCUT2D eigenvalue weighted by molar-refractivity contribution is 0.141. The molecule has 7 heteroatoms. The van der Waals surface area contributed by atoms with E-state index in [1.807, 2.05) is 0 Å². The number of rotatable bonds is 9. The molecule has 102 valence electrons. The Labute approximate surface area is 107 Å². The monoisotopic (exact) mass is 255 g/mol. The van der Waals surface area contributed by atoms with Crippen molar-refractivity contribution in [2.45, 2.75) is 19.8 Å². The van der Waals surface area contributed by atoms with Gasteiger partial charge in [0.05, 0.1) is 13.7 Å². The van der Waals surface area contributed by atoms with E-state index in [2.05, 4.69) is 32.5 Å². The van der Waals surface area contributed by atoms with E-state index >= 15 is 0 Å². The van der Waals surface area contributed by atoms with E-state index in [0.717, 1.165) is 19.4 Å². The SMILES string of the molecule is CCCCOCCNc1nc(NC)nc(OC)n1. The van der Waals surface area contributed by atoms with E-state index in [9.17, 15) is 0 Å². The maximum Gasteiger partial charge on any atom is 0.322 e. The van der Waals surface area contributed by atoms with Gasteiger partial charge in [0.1, 0.15) is 0 Å². The van der Waals surface area contributed by atoms with E-state index in [1.165, 1.54) is 7.11 Å². The van der Waals surface area contributed by atoms with Crippen LogP contribution < -0.4 is 15.4 Å².